The van der Waals surface area contributed by atoms with Gasteiger partial charge in [0, 0.05) is 19.3 Å². The lowest BCUT2D eigenvalue weighted by molar-refractivity contribution is 0.0958. The van der Waals surface area contributed by atoms with Crippen LogP contribution in [0.2, 0.25) is 0 Å². The highest BCUT2D eigenvalue weighted by molar-refractivity contribution is 7.07. The van der Waals surface area contributed by atoms with Crippen molar-refractivity contribution in [2.45, 2.75) is 13.8 Å². The molecule has 0 atom stereocenters. The molecule has 3 heterocycles. The Labute approximate surface area is 142 Å². The van der Waals surface area contributed by atoms with Crippen molar-refractivity contribution in [2.24, 2.45) is 0 Å². The van der Waals surface area contributed by atoms with Crippen molar-refractivity contribution in [1.29, 1.82) is 0 Å². The summed E-state index contributed by atoms with van der Waals surface area (Å²) >= 11 is 1.09. The van der Waals surface area contributed by atoms with Crippen molar-refractivity contribution in [3.63, 3.8) is 0 Å². The van der Waals surface area contributed by atoms with E-state index < -0.39 is 0 Å². The number of anilines is 1. The first-order chi connectivity index (χ1) is 11.6. The highest BCUT2D eigenvalue weighted by atomic mass is 32.1. The molecule has 0 radical (unpaired) electrons. The van der Waals surface area contributed by atoms with Crippen molar-refractivity contribution < 1.29 is 4.79 Å². The lowest BCUT2D eigenvalue weighted by Crippen LogP contribution is -2.28. The average molecular weight is 344 g/mol. The molecule has 9 nitrogen and oxygen atoms in total. The number of nitrogens with zero attached hydrogens (tertiary/aromatic N) is 6. The Hall–Kier alpha value is -2.88. The van der Waals surface area contributed by atoms with Gasteiger partial charge in [0.15, 0.2) is 5.82 Å². The Morgan fingerprint density at radius 2 is 2.04 bits per heavy atom. The molecule has 10 heteroatoms. The second-order valence-corrected chi connectivity index (χ2v) is 5.80. The molecule has 24 heavy (non-hydrogen) atoms. The number of hydrogen-bond acceptors (Lipinski definition) is 8. The van der Waals surface area contributed by atoms with Crippen LogP contribution in [-0.4, -0.2) is 48.6 Å². The quantitative estimate of drug-likeness (QED) is 0.641. The molecule has 0 bridgehead atoms. The second kappa shape index (κ2) is 7.13. The van der Waals surface area contributed by atoms with E-state index in [4.69, 9.17) is 0 Å². The van der Waals surface area contributed by atoms with Gasteiger partial charge in [-0.2, -0.15) is 5.10 Å². The van der Waals surface area contributed by atoms with Gasteiger partial charge in [-0.1, -0.05) is 4.49 Å². The van der Waals surface area contributed by atoms with Crippen molar-refractivity contribution in [2.75, 3.05) is 18.4 Å². The van der Waals surface area contributed by atoms with Gasteiger partial charge in [-0.05, 0) is 43.6 Å². The number of nitrogens with one attached hydrogen (secondary N) is 2. The number of hydrogen-bond donors (Lipinski definition) is 2. The molecule has 0 aliphatic carbocycles. The monoisotopic (exact) mass is 344 g/mol. The molecular formula is C14H16N8OS. The van der Waals surface area contributed by atoms with E-state index in [1.807, 2.05) is 31.3 Å². The van der Waals surface area contributed by atoms with Gasteiger partial charge in [-0.15, -0.1) is 15.3 Å². The van der Waals surface area contributed by atoms with Gasteiger partial charge in [-0.3, -0.25) is 4.79 Å². The molecule has 0 fully saturated rings. The lowest BCUT2D eigenvalue weighted by atomic mass is 10.4. The summed E-state index contributed by atoms with van der Waals surface area (Å²) in [4.78, 5) is 12.4. The molecule has 0 aliphatic rings. The van der Waals surface area contributed by atoms with Gasteiger partial charge in [0.2, 0.25) is 0 Å². The van der Waals surface area contributed by atoms with Crippen LogP contribution in [0.4, 0.5) is 5.82 Å². The summed E-state index contributed by atoms with van der Waals surface area (Å²) in [5.41, 5.74) is 1.56. The Morgan fingerprint density at radius 1 is 1.17 bits per heavy atom. The van der Waals surface area contributed by atoms with Gasteiger partial charge in [0.05, 0.1) is 11.4 Å². The zero-order chi connectivity index (χ0) is 16.9. The summed E-state index contributed by atoms with van der Waals surface area (Å²) in [6, 6.07) is 5.54. The third-order valence-electron chi connectivity index (χ3n) is 3.18. The summed E-state index contributed by atoms with van der Waals surface area (Å²) in [5.74, 6) is 1.11. The summed E-state index contributed by atoms with van der Waals surface area (Å²) in [7, 11) is 0. The van der Waals surface area contributed by atoms with Crippen LogP contribution in [0.15, 0.2) is 24.4 Å². The van der Waals surface area contributed by atoms with Crippen LogP contribution in [0.25, 0.3) is 5.82 Å². The van der Waals surface area contributed by atoms with Crippen molar-refractivity contribution >= 4 is 23.3 Å². The van der Waals surface area contributed by atoms with Gasteiger partial charge in [-0.25, -0.2) is 4.68 Å². The van der Waals surface area contributed by atoms with Crippen LogP contribution in [0, 0.1) is 13.8 Å². The minimum atomic E-state index is -0.167. The van der Waals surface area contributed by atoms with E-state index in [0.29, 0.717) is 35.3 Å². The smallest absolute Gasteiger partial charge is 0.265 e. The number of carbonyl (C=O) groups is 1. The van der Waals surface area contributed by atoms with E-state index in [2.05, 4.69) is 35.5 Å². The standard InChI is InChI=1S/C14H16N8OS/c1-9-5-8-22(20-9)12-4-3-11(18-19-12)15-6-7-16-14(23)13-10(2)17-21-24-13/h3-5,8H,6-7H2,1-2H3,(H,15,18)(H,16,23). The first kappa shape index (κ1) is 16.0. The SMILES string of the molecule is Cc1ccn(-c2ccc(NCCNC(=O)c3snnc3C)nn2)n1. The minimum absolute atomic E-state index is 0.167. The van der Waals surface area contributed by atoms with E-state index in [9.17, 15) is 4.79 Å². The summed E-state index contributed by atoms with van der Waals surface area (Å²) < 4.78 is 5.41. The molecular weight excluding hydrogens is 328 g/mol. The Kier molecular flexibility index (Phi) is 4.75. The molecule has 2 N–H and O–H groups in total. The molecule has 0 spiro atoms. The van der Waals surface area contributed by atoms with Crippen molar-refractivity contribution in [1.82, 2.24) is 34.9 Å². The Balaban J connectivity index is 1.47. The number of carbonyl (C=O) groups excluding carboxylic acids is 1. The zero-order valence-corrected chi connectivity index (χ0v) is 14.0. The Bertz CT molecular complexity index is 825. The van der Waals surface area contributed by atoms with Gasteiger partial charge >= 0.3 is 0 Å². The predicted octanol–water partition coefficient (Wildman–Crippen LogP) is 0.973. The highest BCUT2D eigenvalue weighted by Crippen LogP contribution is 2.08. The van der Waals surface area contributed by atoms with E-state index in [1.54, 1.807) is 11.6 Å². The first-order valence-electron chi connectivity index (χ1n) is 7.31. The Morgan fingerprint density at radius 3 is 2.67 bits per heavy atom. The third-order valence-corrected chi connectivity index (χ3v) is 4.01. The lowest BCUT2D eigenvalue weighted by Gasteiger charge is -2.07. The van der Waals surface area contributed by atoms with Crippen molar-refractivity contribution in [3.8, 4) is 5.82 Å². The average Bonchev–Trinajstić information content (AvgIpc) is 3.20. The minimum Gasteiger partial charge on any atom is -0.367 e. The fourth-order valence-electron chi connectivity index (χ4n) is 1.97. The fraction of sp³-hybridized carbons (Fsp3) is 0.286. The molecule has 3 aromatic rings. The maximum absolute atomic E-state index is 11.9. The fourth-order valence-corrected chi connectivity index (χ4v) is 2.54. The largest absolute Gasteiger partial charge is 0.367 e. The normalized spacial score (nSPS) is 10.6. The maximum atomic E-state index is 11.9. The first-order valence-corrected chi connectivity index (χ1v) is 8.08. The summed E-state index contributed by atoms with van der Waals surface area (Å²) in [5, 5.41) is 22.2. The van der Waals surface area contributed by atoms with Crippen LogP contribution >= 0.6 is 11.5 Å². The molecule has 0 aliphatic heterocycles. The van der Waals surface area contributed by atoms with Crippen LogP contribution in [0.5, 0.6) is 0 Å². The number of aryl methyl sites for hydroxylation is 2. The van der Waals surface area contributed by atoms with E-state index in [1.165, 1.54) is 0 Å². The molecule has 0 unspecified atom stereocenters. The zero-order valence-electron chi connectivity index (χ0n) is 13.2. The number of amides is 1. The van der Waals surface area contributed by atoms with E-state index in [0.717, 1.165) is 17.2 Å². The maximum Gasteiger partial charge on any atom is 0.265 e. The van der Waals surface area contributed by atoms with Gasteiger partial charge < -0.3 is 10.6 Å². The van der Waals surface area contributed by atoms with Crippen LogP contribution in [0.3, 0.4) is 0 Å². The molecule has 0 aromatic carbocycles. The summed E-state index contributed by atoms with van der Waals surface area (Å²) in [6.07, 6.45) is 1.83. The summed E-state index contributed by atoms with van der Waals surface area (Å²) in [6.45, 7) is 4.66. The van der Waals surface area contributed by atoms with Gasteiger partial charge in [0.25, 0.3) is 5.91 Å². The predicted molar refractivity (Wildman–Crippen MR) is 89.4 cm³/mol. The number of rotatable bonds is 6. The second-order valence-electron chi connectivity index (χ2n) is 5.05. The van der Waals surface area contributed by atoms with Crippen LogP contribution < -0.4 is 10.6 Å². The van der Waals surface area contributed by atoms with Gasteiger partial charge in [0.1, 0.15) is 10.7 Å². The highest BCUT2D eigenvalue weighted by Gasteiger charge is 2.12. The van der Waals surface area contributed by atoms with E-state index in [-0.39, 0.29) is 5.91 Å². The topological polar surface area (TPSA) is 111 Å². The molecule has 0 saturated carbocycles. The van der Waals surface area contributed by atoms with Crippen LogP contribution in [-0.2, 0) is 0 Å². The number of aromatic nitrogens is 6. The molecule has 3 rings (SSSR count). The van der Waals surface area contributed by atoms with Crippen LogP contribution in [0.1, 0.15) is 21.1 Å². The molecule has 124 valence electrons. The van der Waals surface area contributed by atoms with E-state index >= 15 is 0 Å². The van der Waals surface area contributed by atoms with Crippen molar-refractivity contribution in [3.05, 3.63) is 40.7 Å². The molecule has 0 saturated heterocycles. The molecule has 1 amide bonds. The third kappa shape index (κ3) is 3.71. The molecule has 3 aromatic heterocycles.